The predicted octanol–water partition coefficient (Wildman–Crippen LogP) is 2.26. The third-order valence-corrected chi connectivity index (χ3v) is 6.63. The summed E-state index contributed by atoms with van der Waals surface area (Å²) < 4.78 is 26.7. The monoisotopic (exact) mass is 383 g/mol. The number of sulfonamides is 1. The summed E-state index contributed by atoms with van der Waals surface area (Å²) in [6.07, 6.45) is 3.00. The van der Waals surface area contributed by atoms with Crippen molar-refractivity contribution in [1.29, 1.82) is 0 Å². The number of aryl methyl sites for hydroxylation is 1. The number of hydrogen-bond acceptors (Lipinski definition) is 4. The molecule has 2 aromatic rings. The van der Waals surface area contributed by atoms with Gasteiger partial charge in [0.15, 0.2) is 0 Å². The number of fused-ring (bicyclic) bond motifs is 2. The second-order valence-electron chi connectivity index (χ2n) is 6.88. The second kappa shape index (κ2) is 6.81. The van der Waals surface area contributed by atoms with Gasteiger partial charge < -0.3 is 4.90 Å². The molecule has 1 aliphatic carbocycles. The molecule has 1 amide bonds. The fourth-order valence-electron chi connectivity index (χ4n) is 3.81. The van der Waals surface area contributed by atoms with Gasteiger partial charge in [0.2, 0.25) is 5.91 Å². The van der Waals surface area contributed by atoms with E-state index in [1.54, 1.807) is 30.1 Å². The lowest BCUT2D eigenvalue weighted by Crippen LogP contribution is -2.35. The number of aliphatic imine (C=N–C) groups is 1. The van der Waals surface area contributed by atoms with E-state index in [0.717, 1.165) is 19.3 Å². The zero-order valence-electron chi connectivity index (χ0n) is 15.1. The maximum atomic E-state index is 12.7. The first-order valence-electron chi connectivity index (χ1n) is 8.97. The van der Waals surface area contributed by atoms with E-state index < -0.39 is 10.0 Å². The highest BCUT2D eigenvalue weighted by Crippen LogP contribution is 2.33. The summed E-state index contributed by atoms with van der Waals surface area (Å²) in [6, 6.07) is 14.9. The number of benzene rings is 2. The maximum Gasteiger partial charge on any atom is 0.263 e. The molecule has 4 rings (SSSR count). The van der Waals surface area contributed by atoms with Gasteiger partial charge in [-0.05, 0) is 42.5 Å². The van der Waals surface area contributed by atoms with Gasteiger partial charge in [-0.15, -0.1) is 0 Å². The standard InChI is InChI=1S/C20H21N3O3S/c1-23(17-11-6-8-14-7-2-3-9-15(14)17)19(24)13-21-20-16-10-4-5-12-18(16)27(25,26)22-20/h2-5,7,9-10,12,17H,6,8,11,13H2,1H3,(H,21,22)/t17-/m1/s1. The molecule has 7 heteroatoms. The minimum atomic E-state index is -3.59. The van der Waals surface area contributed by atoms with Crippen LogP contribution in [0.25, 0.3) is 0 Å². The molecule has 1 N–H and O–H groups in total. The summed E-state index contributed by atoms with van der Waals surface area (Å²) in [5, 5.41) is 0. The number of nitrogens with zero attached hydrogens (tertiary/aromatic N) is 2. The molecule has 0 unspecified atom stereocenters. The van der Waals surface area contributed by atoms with Crippen LogP contribution in [-0.2, 0) is 21.2 Å². The van der Waals surface area contributed by atoms with Crippen LogP contribution in [0.4, 0.5) is 0 Å². The van der Waals surface area contributed by atoms with Gasteiger partial charge in [0.25, 0.3) is 10.0 Å². The molecule has 27 heavy (non-hydrogen) atoms. The summed E-state index contributed by atoms with van der Waals surface area (Å²) in [7, 11) is -1.80. The van der Waals surface area contributed by atoms with Crippen molar-refractivity contribution in [3.8, 4) is 0 Å². The highest BCUT2D eigenvalue weighted by atomic mass is 32.2. The van der Waals surface area contributed by atoms with Crippen molar-refractivity contribution < 1.29 is 13.2 Å². The average Bonchev–Trinajstić information content (AvgIpc) is 2.96. The number of hydrogen-bond donors (Lipinski definition) is 1. The van der Waals surface area contributed by atoms with E-state index in [1.807, 2.05) is 12.1 Å². The molecular weight excluding hydrogens is 362 g/mol. The van der Waals surface area contributed by atoms with Gasteiger partial charge in [-0.1, -0.05) is 36.4 Å². The van der Waals surface area contributed by atoms with Crippen LogP contribution in [-0.4, -0.2) is 38.7 Å². The lowest BCUT2D eigenvalue weighted by atomic mass is 9.87. The Balaban J connectivity index is 1.53. The van der Waals surface area contributed by atoms with Gasteiger partial charge in [-0.3, -0.25) is 14.5 Å². The molecule has 2 aliphatic rings. The van der Waals surface area contributed by atoms with E-state index in [1.165, 1.54) is 17.2 Å². The molecule has 0 fully saturated rings. The maximum absolute atomic E-state index is 12.7. The van der Waals surface area contributed by atoms with Crippen LogP contribution in [0.5, 0.6) is 0 Å². The number of carbonyl (C=O) groups is 1. The van der Waals surface area contributed by atoms with Gasteiger partial charge >= 0.3 is 0 Å². The number of carbonyl (C=O) groups excluding carboxylic acids is 1. The summed E-state index contributed by atoms with van der Waals surface area (Å²) >= 11 is 0. The normalized spacial score (nSPS) is 21.2. The molecular formula is C20H21N3O3S. The molecule has 0 aromatic heterocycles. The van der Waals surface area contributed by atoms with Gasteiger partial charge in [-0.25, -0.2) is 8.42 Å². The summed E-state index contributed by atoms with van der Waals surface area (Å²) in [5.41, 5.74) is 2.99. The predicted molar refractivity (Wildman–Crippen MR) is 103 cm³/mol. The first kappa shape index (κ1) is 17.7. The minimum Gasteiger partial charge on any atom is -0.337 e. The average molecular weight is 383 g/mol. The van der Waals surface area contributed by atoms with Gasteiger partial charge in [0.05, 0.1) is 10.9 Å². The molecule has 0 spiro atoms. The third-order valence-electron chi connectivity index (χ3n) is 5.23. The summed E-state index contributed by atoms with van der Waals surface area (Å²) in [5.74, 6) is 0.101. The van der Waals surface area contributed by atoms with E-state index in [0.29, 0.717) is 5.56 Å². The van der Waals surface area contributed by atoms with Crippen molar-refractivity contribution in [2.75, 3.05) is 13.6 Å². The smallest absolute Gasteiger partial charge is 0.263 e. The molecule has 1 heterocycles. The number of amidine groups is 1. The molecule has 1 atom stereocenters. The summed E-state index contributed by atoms with van der Waals surface area (Å²) in [6.45, 7) is -0.0959. The highest BCUT2D eigenvalue weighted by molar-refractivity contribution is 7.90. The largest absolute Gasteiger partial charge is 0.337 e. The Labute approximate surface area is 159 Å². The first-order chi connectivity index (χ1) is 13.0. The molecule has 0 bridgehead atoms. The van der Waals surface area contributed by atoms with E-state index >= 15 is 0 Å². The Morgan fingerprint density at radius 2 is 1.93 bits per heavy atom. The van der Waals surface area contributed by atoms with Gasteiger partial charge in [0, 0.05) is 12.6 Å². The zero-order valence-corrected chi connectivity index (χ0v) is 15.9. The Bertz CT molecular complexity index is 1030. The Morgan fingerprint density at radius 3 is 2.78 bits per heavy atom. The van der Waals surface area contributed by atoms with Crippen LogP contribution in [0.3, 0.4) is 0 Å². The third kappa shape index (κ3) is 3.23. The number of nitrogens with one attached hydrogen (secondary N) is 1. The topological polar surface area (TPSA) is 78.8 Å². The van der Waals surface area contributed by atoms with Crippen molar-refractivity contribution in [3.63, 3.8) is 0 Å². The Morgan fingerprint density at radius 1 is 1.19 bits per heavy atom. The lowest BCUT2D eigenvalue weighted by Gasteiger charge is -2.33. The molecule has 2 aromatic carbocycles. The molecule has 6 nitrogen and oxygen atoms in total. The van der Waals surface area contributed by atoms with Crippen molar-refractivity contribution in [2.24, 2.45) is 4.99 Å². The quantitative estimate of drug-likeness (QED) is 0.883. The van der Waals surface area contributed by atoms with E-state index in [-0.39, 0.29) is 29.2 Å². The van der Waals surface area contributed by atoms with Crippen LogP contribution >= 0.6 is 0 Å². The SMILES string of the molecule is CN(C(=O)CN=C1NS(=O)(=O)c2ccccc21)[C@@H]1CCCc2ccccc21. The number of likely N-dealkylation sites (N-methyl/N-ethyl adjacent to an activating group) is 1. The number of rotatable bonds is 3. The van der Waals surface area contributed by atoms with Crippen LogP contribution in [0.2, 0.25) is 0 Å². The molecule has 0 radical (unpaired) electrons. The lowest BCUT2D eigenvalue weighted by molar-refractivity contribution is -0.130. The van der Waals surface area contributed by atoms with Crippen LogP contribution in [0, 0.1) is 0 Å². The molecule has 0 saturated carbocycles. The zero-order chi connectivity index (χ0) is 19.0. The van der Waals surface area contributed by atoms with Crippen molar-refractivity contribution in [3.05, 3.63) is 65.2 Å². The summed E-state index contributed by atoms with van der Waals surface area (Å²) in [4.78, 5) is 18.9. The van der Waals surface area contributed by atoms with Gasteiger partial charge in [0.1, 0.15) is 12.4 Å². The fraction of sp³-hybridized carbons (Fsp3) is 0.300. The van der Waals surface area contributed by atoms with Gasteiger partial charge in [-0.2, -0.15) is 0 Å². The minimum absolute atomic E-state index is 0.0372. The molecule has 140 valence electrons. The van der Waals surface area contributed by atoms with E-state index in [2.05, 4.69) is 21.8 Å². The van der Waals surface area contributed by atoms with Crippen molar-refractivity contribution in [2.45, 2.75) is 30.2 Å². The van der Waals surface area contributed by atoms with Crippen molar-refractivity contribution in [1.82, 2.24) is 9.62 Å². The first-order valence-corrected chi connectivity index (χ1v) is 10.5. The number of amides is 1. The second-order valence-corrected chi connectivity index (χ2v) is 8.53. The fourth-order valence-corrected chi connectivity index (χ4v) is 5.06. The molecule has 1 aliphatic heterocycles. The van der Waals surface area contributed by atoms with Crippen LogP contribution in [0.1, 0.15) is 35.6 Å². The Hall–Kier alpha value is -2.67. The van der Waals surface area contributed by atoms with Crippen molar-refractivity contribution >= 4 is 21.8 Å². The van der Waals surface area contributed by atoms with Crippen LogP contribution in [0.15, 0.2) is 58.4 Å². The van der Waals surface area contributed by atoms with E-state index in [4.69, 9.17) is 0 Å². The highest BCUT2D eigenvalue weighted by Gasteiger charge is 2.31. The van der Waals surface area contributed by atoms with E-state index in [9.17, 15) is 13.2 Å². The Kier molecular flexibility index (Phi) is 4.47. The molecule has 0 saturated heterocycles. The van der Waals surface area contributed by atoms with Crippen LogP contribution < -0.4 is 4.72 Å².